The number of halogens is 1. The summed E-state index contributed by atoms with van der Waals surface area (Å²) in [6.45, 7) is 4.34. The highest BCUT2D eigenvalue weighted by Gasteiger charge is 2.30. The SMILES string of the molecule is CC(C)c1ccc(N(C)C(=O)C2CCC(N)C2)cc1.Cl. The van der Waals surface area contributed by atoms with Crippen molar-refractivity contribution >= 4 is 24.0 Å². The molecule has 1 aromatic carbocycles. The summed E-state index contributed by atoms with van der Waals surface area (Å²) >= 11 is 0. The zero-order valence-corrected chi connectivity index (χ0v) is 13.3. The number of nitrogens with two attached hydrogens (primary N) is 1. The number of carbonyl (C=O) groups is 1. The minimum Gasteiger partial charge on any atom is -0.328 e. The first kappa shape index (κ1) is 17.0. The van der Waals surface area contributed by atoms with Gasteiger partial charge in [-0.05, 0) is 42.9 Å². The van der Waals surface area contributed by atoms with E-state index in [0.717, 1.165) is 24.9 Å². The van der Waals surface area contributed by atoms with E-state index in [9.17, 15) is 4.79 Å². The second kappa shape index (κ2) is 7.09. The van der Waals surface area contributed by atoms with Crippen molar-refractivity contribution in [2.75, 3.05) is 11.9 Å². The average Bonchev–Trinajstić information content (AvgIpc) is 2.84. The van der Waals surface area contributed by atoms with Crippen LogP contribution in [0.4, 0.5) is 5.69 Å². The van der Waals surface area contributed by atoms with Crippen LogP contribution in [0.25, 0.3) is 0 Å². The van der Waals surface area contributed by atoms with E-state index >= 15 is 0 Å². The number of anilines is 1. The summed E-state index contributed by atoms with van der Waals surface area (Å²) in [5.74, 6) is 0.818. The molecule has 2 unspecified atom stereocenters. The van der Waals surface area contributed by atoms with Gasteiger partial charge in [-0.25, -0.2) is 0 Å². The van der Waals surface area contributed by atoms with Crippen LogP contribution in [0, 0.1) is 5.92 Å². The predicted octanol–water partition coefficient (Wildman–Crippen LogP) is 3.32. The van der Waals surface area contributed by atoms with E-state index in [1.54, 1.807) is 4.90 Å². The second-order valence-corrected chi connectivity index (χ2v) is 5.91. The van der Waals surface area contributed by atoms with Crippen LogP contribution in [0.3, 0.4) is 0 Å². The maximum atomic E-state index is 12.4. The Morgan fingerprint density at radius 2 is 1.85 bits per heavy atom. The highest BCUT2D eigenvalue weighted by molar-refractivity contribution is 5.94. The van der Waals surface area contributed by atoms with Gasteiger partial charge in [-0.15, -0.1) is 12.4 Å². The maximum Gasteiger partial charge on any atom is 0.229 e. The minimum atomic E-state index is 0. The van der Waals surface area contributed by atoms with Gasteiger partial charge in [0.25, 0.3) is 0 Å². The molecule has 0 radical (unpaired) electrons. The third kappa shape index (κ3) is 3.74. The molecule has 3 nitrogen and oxygen atoms in total. The fourth-order valence-corrected chi connectivity index (χ4v) is 2.72. The summed E-state index contributed by atoms with van der Waals surface area (Å²) < 4.78 is 0. The van der Waals surface area contributed by atoms with Gasteiger partial charge in [0.15, 0.2) is 0 Å². The zero-order chi connectivity index (χ0) is 14.0. The van der Waals surface area contributed by atoms with Crippen molar-refractivity contribution in [3.8, 4) is 0 Å². The Morgan fingerprint density at radius 3 is 2.30 bits per heavy atom. The molecule has 0 saturated heterocycles. The van der Waals surface area contributed by atoms with Gasteiger partial charge in [0.05, 0.1) is 0 Å². The number of hydrogen-bond acceptors (Lipinski definition) is 2. The van der Waals surface area contributed by atoms with Crippen molar-refractivity contribution in [1.82, 2.24) is 0 Å². The smallest absolute Gasteiger partial charge is 0.229 e. The van der Waals surface area contributed by atoms with E-state index in [1.165, 1.54) is 5.56 Å². The van der Waals surface area contributed by atoms with Crippen molar-refractivity contribution in [3.05, 3.63) is 29.8 Å². The Labute approximate surface area is 127 Å². The van der Waals surface area contributed by atoms with Gasteiger partial charge in [0.1, 0.15) is 0 Å². The molecule has 1 aliphatic carbocycles. The zero-order valence-electron chi connectivity index (χ0n) is 12.5. The summed E-state index contributed by atoms with van der Waals surface area (Å²) in [7, 11) is 1.86. The van der Waals surface area contributed by atoms with Gasteiger partial charge < -0.3 is 10.6 Å². The standard InChI is InChI=1S/C16H24N2O.ClH/c1-11(2)12-5-8-15(9-6-12)18(3)16(19)13-4-7-14(17)10-13;/h5-6,8-9,11,13-14H,4,7,10,17H2,1-3H3;1H. The normalized spacial score (nSPS) is 21.6. The van der Waals surface area contributed by atoms with E-state index < -0.39 is 0 Å². The number of carbonyl (C=O) groups excluding carboxylic acids is 1. The third-order valence-electron chi connectivity index (χ3n) is 4.10. The van der Waals surface area contributed by atoms with Crippen LogP contribution in [0.1, 0.15) is 44.6 Å². The van der Waals surface area contributed by atoms with E-state index in [-0.39, 0.29) is 30.3 Å². The van der Waals surface area contributed by atoms with Crippen molar-refractivity contribution in [2.24, 2.45) is 11.7 Å². The molecule has 2 atom stereocenters. The number of hydrogen-bond donors (Lipinski definition) is 1. The van der Waals surface area contributed by atoms with Crippen LogP contribution in [0.2, 0.25) is 0 Å². The Kier molecular flexibility index (Phi) is 6.03. The maximum absolute atomic E-state index is 12.4. The van der Waals surface area contributed by atoms with Crippen molar-refractivity contribution in [1.29, 1.82) is 0 Å². The van der Waals surface area contributed by atoms with E-state index in [1.807, 2.05) is 19.2 Å². The molecule has 20 heavy (non-hydrogen) atoms. The van der Waals surface area contributed by atoms with Gasteiger partial charge in [0, 0.05) is 24.7 Å². The summed E-state index contributed by atoms with van der Waals surface area (Å²) in [4.78, 5) is 14.2. The topological polar surface area (TPSA) is 46.3 Å². The highest BCUT2D eigenvalue weighted by atomic mass is 35.5. The minimum absolute atomic E-state index is 0. The molecule has 0 spiro atoms. The molecular formula is C16H25ClN2O. The molecule has 1 aromatic rings. The number of benzene rings is 1. The summed E-state index contributed by atoms with van der Waals surface area (Å²) in [5, 5.41) is 0. The van der Waals surface area contributed by atoms with Gasteiger partial charge in [-0.1, -0.05) is 26.0 Å². The van der Waals surface area contributed by atoms with Gasteiger partial charge in [0.2, 0.25) is 5.91 Å². The van der Waals surface area contributed by atoms with Gasteiger partial charge in [-0.3, -0.25) is 4.79 Å². The highest BCUT2D eigenvalue weighted by Crippen LogP contribution is 2.28. The van der Waals surface area contributed by atoms with Crippen LogP contribution < -0.4 is 10.6 Å². The fourth-order valence-electron chi connectivity index (χ4n) is 2.72. The van der Waals surface area contributed by atoms with Crippen molar-refractivity contribution in [3.63, 3.8) is 0 Å². The molecule has 1 fully saturated rings. The van der Waals surface area contributed by atoms with Gasteiger partial charge >= 0.3 is 0 Å². The van der Waals surface area contributed by atoms with Gasteiger partial charge in [-0.2, -0.15) is 0 Å². The number of amides is 1. The van der Waals surface area contributed by atoms with Crippen LogP contribution in [-0.2, 0) is 4.79 Å². The van der Waals surface area contributed by atoms with Crippen LogP contribution >= 0.6 is 12.4 Å². The third-order valence-corrected chi connectivity index (χ3v) is 4.10. The van der Waals surface area contributed by atoms with Crippen LogP contribution in [0.5, 0.6) is 0 Å². The van der Waals surface area contributed by atoms with E-state index in [2.05, 4.69) is 26.0 Å². The molecule has 1 aliphatic rings. The predicted molar refractivity (Wildman–Crippen MR) is 86.5 cm³/mol. The molecule has 2 N–H and O–H groups in total. The monoisotopic (exact) mass is 296 g/mol. The van der Waals surface area contributed by atoms with E-state index in [0.29, 0.717) is 5.92 Å². The quantitative estimate of drug-likeness (QED) is 0.930. The first-order chi connectivity index (χ1) is 8.99. The molecule has 0 heterocycles. The lowest BCUT2D eigenvalue weighted by molar-refractivity contribution is -0.121. The molecule has 4 heteroatoms. The summed E-state index contributed by atoms with van der Waals surface area (Å²) in [5.41, 5.74) is 8.15. The first-order valence-corrected chi connectivity index (χ1v) is 7.12. The van der Waals surface area contributed by atoms with Crippen LogP contribution in [-0.4, -0.2) is 19.0 Å². The molecule has 2 rings (SSSR count). The first-order valence-electron chi connectivity index (χ1n) is 7.12. The lowest BCUT2D eigenvalue weighted by atomic mass is 10.0. The Balaban J connectivity index is 0.00000200. The molecule has 112 valence electrons. The molecule has 0 aromatic heterocycles. The Hall–Kier alpha value is -1.06. The molecule has 0 bridgehead atoms. The Morgan fingerprint density at radius 1 is 1.25 bits per heavy atom. The molecular weight excluding hydrogens is 272 g/mol. The van der Waals surface area contributed by atoms with Crippen molar-refractivity contribution in [2.45, 2.75) is 45.1 Å². The van der Waals surface area contributed by atoms with E-state index in [4.69, 9.17) is 5.73 Å². The summed E-state index contributed by atoms with van der Waals surface area (Å²) in [6.07, 6.45) is 2.72. The number of rotatable bonds is 3. The molecule has 1 saturated carbocycles. The number of nitrogens with zero attached hydrogens (tertiary/aromatic N) is 1. The largest absolute Gasteiger partial charge is 0.328 e. The Bertz CT molecular complexity index is 444. The lowest BCUT2D eigenvalue weighted by Crippen LogP contribution is -2.32. The summed E-state index contributed by atoms with van der Waals surface area (Å²) in [6, 6.07) is 8.46. The molecule has 1 amide bonds. The van der Waals surface area contributed by atoms with Crippen LogP contribution in [0.15, 0.2) is 24.3 Å². The lowest BCUT2D eigenvalue weighted by Gasteiger charge is -2.21. The fraction of sp³-hybridized carbons (Fsp3) is 0.562. The average molecular weight is 297 g/mol. The van der Waals surface area contributed by atoms with Crippen molar-refractivity contribution < 1.29 is 4.79 Å². The second-order valence-electron chi connectivity index (χ2n) is 5.91. The molecule has 0 aliphatic heterocycles.